The lowest BCUT2D eigenvalue weighted by Crippen LogP contribution is -2.36. The fraction of sp³-hybridized carbons (Fsp3) is 0.474. The number of hydrogen-bond donors (Lipinski definition) is 5. The van der Waals surface area contributed by atoms with E-state index in [0.717, 1.165) is 36.0 Å². The van der Waals surface area contributed by atoms with Crippen LogP contribution in [-0.4, -0.2) is 199 Å². The van der Waals surface area contributed by atoms with Crippen molar-refractivity contribution in [3.05, 3.63) is 128 Å². The summed E-state index contributed by atoms with van der Waals surface area (Å²) >= 11 is 29.3. The average Bonchev–Trinajstić information content (AvgIpc) is 0.793. The van der Waals surface area contributed by atoms with Crippen molar-refractivity contribution in [2.75, 3.05) is 92.1 Å². The highest BCUT2D eigenvalue weighted by Crippen LogP contribution is 2.37. The zero-order valence-corrected chi connectivity index (χ0v) is 72.4. The van der Waals surface area contributed by atoms with Gasteiger partial charge in [-0.3, -0.25) is 24.6 Å². The first kappa shape index (κ1) is 104. The van der Waals surface area contributed by atoms with Crippen LogP contribution in [0.2, 0.25) is 25.8 Å². The predicted octanol–water partition coefficient (Wildman–Crippen LogP) is 15.6. The summed E-state index contributed by atoms with van der Waals surface area (Å²) in [6.45, 7) is 17.2. The number of rotatable bonds is 23. The monoisotopic (exact) mass is 1780 g/mol. The molecule has 117 heavy (non-hydrogen) atoms. The van der Waals surface area contributed by atoms with Gasteiger partial charge in [0.2, 0.25) is 11.8 Å². The van der Waals surface area contributed by atoms with Gasteiger partial charge in [0.15, 0.2) is 54.6 Å². The Bertz CT molecular complexity index is 4610. The van der Waals surface area contributed by atoms with Gasteiger partial charge >= 0.3 is 33.5 Å². The number of ether oxygens (including phenoxy) is 8. The van der Waals surface area contributed by atoms with Gasteiger partial charge in [-0.2, -0.15) is 26.9 Å². The minimum Gasteiger partial charge on any atom is -0.481 e. The van der Waals surface area contributed by atoms with Crippen LogP contribution in [0.4, 0.5) is 30.2 Å². The van der Waals surface area contributed by atoms with Crippen molar-refractivity contribution in [1.82, 2.24) is 49.7 Å². The van der Waals surface area contributed by atoms with Crippen molar-refractivity contribution in [1.29, 1.82) is 10.7 Å². The quantitative estimate of drug-likeness (QED) is 0.00755. The second kappa shape index (κ2) is 55.5. The fourth-order valence-corrected chi connectivity index (χ4v) is 11.7. The Morgan fingerprint density at radius 1 is 0.607 bits per heavy atom. The second-order valence-electron chi connectivity index (χ2n) is 24.5. The zero-order chi connectivity index (χ0) is 86.5. The minimum absolute atomic E-state index is 0. The maximum atomic E-state index is 12.4. The lowest BCUT2D eigenvalue weighted by atomic mass is 9.90. The van der Waals surface area contributed by atoms with E-state index in [2.05, 4.69) is 102 Å². The lowest BCUT2D eigenvalue weighted by molar-refractivity contribution is -0.142. The molecule has 0 unspecified atom stereocenters. The van der Waals surface area contributed by atoms with Gasteiger partial charge in [0, 0.05) is 89.8 Å². The van der Waals surface area contributed by atoms with Gasteiger partial charge < -0.3 is 73.6 Å². The van der Waals surface area contributed by atoms with Gasteiger partial charge in [0.05, 0.1) is 75.5 Å². The van der Waals surface area contributed by atoms with Crippen LogP contribution in [0.1, 0.15) is 126 Å². The van der Waals surface area contributed by atoms with E-state index < -0.39 is 33.3 Å². The van der Waals surface area contributed by atoms with Crippen LogP contribution in [0, 0.1) is 16.7 Å². The molecule has 0 saturated heterocycles. The van der Waals surface area contributed by atoms with E-state index in [0.29, 0.717) is 114 Å². The molecule has 0 amide bonds. The molecule has 0 radical (unpaired) electrons. The first-order chi connectivity index (χ1) is 55.1. The minimum atomic E-state index is -5.83. The number of nitrogens with zero attached hydrogens (tertiary/aromatic N) is 11. The van der Waals surface area contributed by atoms with E-state index in [-0.39, 0.29) is 93.7 Å². The van der Waals surface area contributed by atoms with Crippen LogP contribution < -0.4 is 40.6 Å². The van der Waals surface area contributed by atoms with Gasteiger partial charge in [0.1, 0.15) is 36.0 Å². The summed E-state index contributed by atoms with van der Waals surface area (Å²) in [4.78, 5) is 83.4. The number of hydrogen-bond acceptors (Lipinski definition) is 30. The number of anilines is 2. The third-order valence-electron chi connectivity index (χ3n) is 15.7. The molecule has 7 N–H and O–H groups in total. The topological polar surface area (TPSA) is 422 Å². The number of nitrogen functional groups attached to an aromatic ring is 1. The summed E-state index contributed by atoms with van der Waals surface area (Å²) in [5.74, 6) is -0.760. The summed E-state index contributed by atoms with van der Waals surface area (Å²) in [5.41, 5.74) is 8.59. The van der Waals surface area contributed by atoms with Crippen molar-refractivity contribution < 1.29 is 78.1 Å². The number of aliphatic imine (C=N–C) groups is 1. The molecule has 8 heterocycles. The molecule has 2 saturated carbocycles. The molecule has 644 valence electrons. The van der Waals surface area contributed by atoms with E-state index in [1.54, 1.807) is 89.6 Å². The number of aromatic amines is 1. The number of carbonyl (C=O) groups excluding carboxylic acids is 3. The maximum absolute atomic E-state index is 12.4. The van der Waals surface area contributed by atoms with Gasteiger partial charge in [-0.15, -0.1) is 12.4 Å². The molecule has 31 nitrogen and oxygen atoms in total. The number of carbonyl (C=O) groups is 3. The molecule has 8 aromatic rings. The SMILES string of the molecule is CCOC(=N)CC(=O)OCC.CCOC(=O)CC#N.CCOC(=O)CC(=Nc1cccnc1Cl)OCC.CCOc1cc(=O)c2ccnc(Cl)c2[nH]1.CCOc1cc(NC2CCC(N(C)C)CC2)c2ccnc(Cl)c2n1.CCOc1cc(OS(=O)(=O)C(F)(F)F)c2ccnc(Cl)c2n1.CN(C)C1CCC(N)CC1.Cl.Nc1cccnc1Cl. The summed E-state index contributed by atoms with van der Waals surface area (Å²) < 4.78 is 104. The third-order valence-corrected chi connectivity index (χ3v) is 18.1. The Kier molecular flexibility index (Phi) is 49.2. The molecule has 0 bridgehead atoms. The molecule has 0 spiro atoms. The molecule has 0 aromatic carbocycles. The van der Waals surface area contributed by atoms with Gasteiger partial charge in [-0.05, 0) is 177 Å². The molecular formula is C76H101Cl6F3N16O15S. The Labute approximate surface area is 709 Å². The zero-order valence-electron chi connectivity index (χ0n) is 66.9. The molecule has 2 aliphatic rings. The smallest absolute Gasteiger partial charge is 0.481 e. The number of H-pyrrole nitrogens is 1. The first-order valence-electron chi connectivity index (χ1n) is 36.7. The number of halogens is 9. The highest BCUT2D eigenvalue weighted by Gasteiger charge is 2.49. The highest BCUT2D eigenvalue weighted by molar-refractivity contribution is 7.88. The third kappa shape index (κ3) is 37.9. The number of pyridine rings is 8. The van der Waals surface area contributed by atoms with E-state index >= 15 is 0 Å². The number of fused-ring (bicyclic) bond motifs is 3. The summed E-state index contributed by atoms with van der Waals surface area (Å²) in [6.07, 6.45) is 17.1. The van der Waals surface area contributed by atoms with E-state index in [1.165, 1.54) is 63.1 Å². The average molecular weight is 1780 g/mol. The number of alkyl halides is 3. The van der Waals surface area contributed by atoms with Crippen LogP contribution >= 0.6 is 70.4 Å². The largest absolute Gasteiger partial charge is 0.534 e. The van der Waals surface area contributed by atoms with Gasteiger partial charge in [0.25, 0.3) is 0 Å². The van der Waals surface area contributed by atoms with Crippen molar-refractivity contribution in [2.24, 2.45) is 10.7 Å². The Morgan fingerprint density at radius 3 is 1.56 bits per heavy atom. The maximum Gasteiger partial charge on any atom is 0.534 e. The Hall–Kier alpha value is -9.22. The molecule has 2 fully saturated rings. The molecule has 0 aliphatic heterocycles. The molecular weight excluding hydrogens is 1680 g/mol. The number of nitrogens with one attached hydrogen (secondary N) is 3. The van der Waals surface area contributed by atoms with Crippen molar-refractivity contribution in [2.45, 2.75) is 156 Å². The van der Waals surface area contributed by atoms with Gasteiger partial charge in [-0.25, -0.2) is 39.9 Å². The predicted molar refractivity (Wildman–Crippen MR) is 450 cm³/mol. The second-order valence-corrected chi connectivity index (χ2v) is 27.8. The highest BCUT2D eigenvalue weighted by atomic mass is 35.5. The van der Waals surface area contributed by atoms with Crippen molar-refractivity contribution in [3.8, 4) is 29.5 Å². The van der Waals surface area contributed by atoms with E-state index in [4.69, 9.17) is 109 Å². The van der Waals surface area contributed by atoms with Crippen molar-refractivity contribution in [3.63, 3.8) is 0 Å². The molecule has 10 rings (SSSR count). The van der Waals surface area contributed by atoms with E-state index in [9.17, 15) is 40.8 Å². The number of aromatic nitrogens is 8. The fourth-order valence-electron chi connectivity index (χ4n) is 10.3. The van der Waals surface area contributed by atoms with Crippen LogP contribution in [0.15, 0.2) is 101 Å². The van der Waals surface area contributed by atoms with Gasteiger partial charge in [-0.1, -0.05) is 58.0 Å². The standard InChI is InChI=1S/C18H25ClN4O.C12H15ClN2O3.C11H8ClF3N2O4S.C10H9ClN2O2.C8H18N2.C7H13NO3.C5H5ClN2.C5H7NO2.ClH/c1-4-24-16-11-15(14-9-10-20-18(19)17(14)22-16)21-12-5-7-13(8-6-12)23(2)3;1-3-17-10(8-11(16)18-4-2)15-9-6-5-7-14-12(9)13;1-2-20-8-5-7(21-22(18,19)11(13,14)15)6-3-4-16-10(12)9(6)17-8;1-2-15-8-5-7(14)6-3-4-12-10(11)9(6)13-8;1-10(2)8-5-3-7(9)4-6-8;1-3-10-6(8)5-7(9)11-4-2;6-5-4(7)2-1-3-8-5;1-2-8-5(7)3-4-6;/h9-13H,4-8H2,1-3H3,(H,21,22);5-7H,3-4,8H2,1-2H3;3-5H,2H2,1H3;3-5H,2H2,1H3,(H,13,14);7-8H,3-6,9H2,1-2H3;8H,3-5H2,1-2H3;1-3H,7H2;2-3H2,1H3;1H. The summed E-state index contributed by atoms with van der Waals surface area (Å²) in [5, 5.41) is 21.3. The van der Waals surface area contributed by atoms with Crippen LogP contribution in [0.5, 0.6) is 23.4 Å². The normalized spacial score (nSPS) is 14.7. The Morgan fingerprint density at radius 2 is 1.08 bits per heavy atom. The molecule has 41 heteroatoms. The lowest BCUT2D eigenvalue weighted by Gasteiger charge is -2.33. The number of nitrogens with two attached hydrogens (primary N) is 2. The van der Waals surface area contributed by atoms with Crippen LogP contribution in [0.25, 0.3) is 32.7 Å². The van der Waals surface area contributed by atoms with Crippen molar-refractivity contribution >= 4 is 160 Å². The van der Waals surface area contributed by atoms with Crippen LogP contribution in [-0.2, 0) is 48.2 Å². The van der Waals surface area contributed by atoms with Crippen LogP contribution in [0.3, 0.4) is 0 Å². The Balaban J connectivity index is 0.000000466. The molecule has 0 atom stereocenters. The molecule has 8 aromatic heterocycles. The summed E-state index contributed by atoms with van der Waals surface area (Å²) in [7, 11) is 2.80. The molecule has 2 aliphatic carbocycles. The first-order valence-corrected chi connectivity index (χ1v) is 40.0. The van der Waals surface area contributed by atoms with E-state index in [1.807, 2.05) is 32.9 Å². The number of nitriles is 1. The number of esters is 3. The summed E-state index contributed by atoms with van der Waals surface area (Å²) in [6, 6.07) is 20.1.